The molecule has 2 rings (SSSR count). The lowest BCUT2D eigenvalue weighted by atomic mass is 10.0. The summed E-state index contributed by atoms with van der Waals surface area (Å²) in [4.78, 5) is 13.6. The van der Waals surface area contributed by atoms with Crippen molar-refractivity contribution in [1.82, 2.24) is 4.90 Å². The Balaban J connectivity index is 2.10. The molecule has 122 valence electrons. The molecule has 0 spiro atoms. The van der Waals surface area contributed by atoms with Gasteiger partial charge in [0.05, 0.1) is 12.7 Å². The molecular formula is C18H22N2O3. The number of ether oxygens (including phenoxy) is 2. The van der Waals surface area contributed by atoms with E-state index in [4.69, 9.17) is 15.2 Å². The lowest BCUT2D eigenvalue weighted by Gasteiger charge is -2.11. The predicted molar refractivity (Wildman–Crippen MR) is 91.7 cm³/mol. The van der Waals surface area contributed by atoms with E-state index in [1.54, 1.807) is 12.1 Å². The topological polar surface area (TPSA) is 64.8 Å². The van der Waals surface area contributed by atoms with Crippen LogP contribution in [0.2, 0.25) is 0 Å². The van der Waals surface area contributed by atoms with Gasteiger partial charge in [-0.05, 0) is 49.5 Å². The van der Waals surface area contributed by atoms with Crippen LogP contribution in [0.15, 0.2) is 42.5 Å². The molecule has 0 amide bonds. The maximum atomic E-state index is 11.6. The summed E-state index contributed by atoms with van der Waals surface area (Å²) < 4.78 is 10.4. The van der Waals surface area contributed by atoms with Gasteiger partial charge >= 0.3 is 5.97 Å². The molecule has 23 heavy (non-hydrogen) atoms. The minimum Gasteiger partial charge on any atom is -0.492 e. The Labute approximate surface area is 136 Å². The zero-order valence-corrected chi connectivity index (χ0v) is 13.7. The highest BCUT2D eigenvalue weighted by Crippen LogP contribution is 2.26. The molecule has 0 fully saturated rings. The zero-order chi connectivity index (χ0) is 16.8. The average Bonchev–Trinajstić information content (AvgIpc) is 2.54. The molecule has 5 heteroatoms. The van der Waals surface area contributed by atoms with Gasteiger partial charge < -0.3 is 20.1 Å². The van der Waals surface area contributed by atoms with E-state index < -0.39 is 5.97 Å². The van der Waals surface area contributed by atoms with E-state index in [1.807, 2.05) is 44.4 Å². The summed E-state index contributed by atoms with van der Waals surface area (Å²) in [6, 6.07) is 13.1. The Morgan fingerprint density at radius 1 is 1.09 bits per heavy atom. The van der Waals surface area contributed by atoms with E-state index in [0.29, 0.717) is 17.9 Å². The SMILES string of the molecule is COC(=O)c1ccc(-c2ccc(OCCN(C)C)cc2)cc1N. The standard InChI is InChI=1S/C18H22N2O3/c1-20(2)10-11-23-15-7-4-13(5-8-15)14-6-9-16(17(19)12-14)18(21)22-3/h4-9,12H,10-11,19H2,1-3H3. The molecule has 0 heterocycles. The summed E-state index contributed by atoms with van der Waals surface area (Å²) in [6.07, 6.45) is 0. The molecular weight excluding hydrogens is 292 g/mol. The number of anilines is 1. The number of carbonyl (C=O) groups excluding carboxylic acids is 1. The normalized spacial score (nSPS) is 10.6. The van der Waals surface area contributed by atoms with E-state index in [0.717, 1.165) is 23.4 Å². The van der Waals surface area contributed by atoms with Crippen LogP contribution < -0.4 is 10.5 Å². The van der Waals surface area contributed by atoms with E-state index in [-0.39, 0.29) is 0 Å². The number of nitrogens with two attached hydrogens (primary N) is 1. The van der Waals surface area contributed by atoms with Gasteiger partial charge in [-0.3, -0.25) is 0 Å². The van der Waals surface area contributed by atoms with Crippen molar-refractivity contribution >= 4 is 11.7 Å². The Bertz CT molecular complexity index is 666. The summed E-state index contributed by atoms with van der Waals surface area (Å²) in [5.74, 6) is 0.397. The number of esters is 1. The van der Waals surface area contributed by atoms with Crippen LogP contribution in [0.5, 0.6) is 5.75 Å². The first-order valence-corrected chi connectivity index (χ1v) is 7.37. The molecule has 0 radical (unpaired) electrons. The molecule has 0 atom stereocenters. The van der Waals surface area contributed by atoms with Crippen molar-refractivity contribution in [2.24, 2.45) is 0 Å². The number of methoxy groups -OCH3 is 1. The van der Waals surface area contributed by atoms with Crippen molar-refractivity contribution in [1.29, 1.82) is 0 Å². The van der Waals surface area contributed by atoms with Crippen LogP contribution in [0.25, 0.3) is 11.1 Å². The number of nitrogen functional groups attached to an aromatic ring is 1. The highest BCUT2D eigenvalue weighted by Gasteiger charge is 2.10. The first-order valence-electron chi connectivity index (χ1n) is 7.37. The largest absolute Gasteiger partial charge is 0.492 e. The Morgan fingerprint density at radius 3 is 2.30 bits per heavy atom. The van der Waals surface area contributed by atoms with Crippen molar-refractivity contribution in [2.75, 3.05) is 40.1 Å². The summed E-state index contributed by atoms with van der Waals surface area (Å²) >= 11 is 0. The average molecular weight is 314 g/mol. The van der Waals surface area contributed by atoms with Gasteiger partial charge in [0.15, 0.2) is 0 Å². The number of hydrogen-bond acceptors (Lipinski definition) is 5. The highest BCUT2D eigenvalue weighted by molar-refractivity contribution is 5.96. The van der Waals surface area contributed by atoms with Gasteiger partial charge in [-0.1, -0.05) is 18.2 Å². The third-order valence-electron chi connectivity index (χ3n) is 3.45. The van der Waals surface area contributed by atoms with E-state index in [1.165, 1.54) is 7.11 Å². The number of carbonyl (C=O) groups is 1. The lowest BCUT2D eigenvalue weighted by molar-refractivity contribution is 0.0602. The van der Waals surface area contributed by atoms with Crippen LogP contribution in [0, 0.1) is 0 Å². The molecule has 0 aliphatic rings. The Morgan fingerprint density at radius 2 is 1.74 bits per heavy atom. The summed E-state index contributed by atoms with van der Waals surface area (Å²) in [5.41, 5.74) is 8.65. The van der Waals surface area contributed by atoms with E-state index in [9.17, 15) is 4.79 Å². The molecule has 0 aliphatic carbocycles. The van der Waals surface area contributed by atoms with Gasteiger partial charge in [-0.2, -0.15) is 0 Å². The molecule has 0 saturated heterocycles. The van der Waals surface area contributed by atoms with Crippen LogP contribution in [-0.4, -0.2) is 45.2 Å². The Hall–Kier alpha value is -2.53. The number of nitrogens with zero attached hydrogens (tertiary/aromatic N) is 1. The van der Waals surface area contributed by atoms with Crippen LogP contribution >= 0.6 is 0 Å². The van der Waals surface area contributed by atoms with Crippen molar-refractivity contribution in [3.8, 4) is 16.9 Å². The maximum Gasteiger partial charge on any atom is 0.339 e. The predicted octanol–water partition coefficient (Wildman–Crippen LogP) is 2.66. The van der Waals surface area contributed by atoms with Gasteiger partial charge in [0.25, 0.3) is 0 Å². The molecule has 5 nitrogen and oxygen atoms in total. The Kier molecular flexibility index (Phi) is 5.60. The number of likely N-dealkylation sites (N-methyl/N-ethyl adjacent to an activating group) is 1. The van der Waals surface area contributed by atoms with Gasteiger partial charge in [0, 0.05) is 12.2 Å². The van der Waals surface area contributed by atoms with Crippen LogP contribution in [0.3, 0.4) is 0 Å². The van der Waals surface area contributed by atoms with Crippen LogP contribution in [0.1, 0.15) is 10.4 Å². The van der Waals surface area contributed by atoms with E-state index in [2.05, 4.69) is 4.90 Å². The third-order valence-corrected chi connectivity index (χ3v) is 3.45. The van der Waals surface area contributed by atoms with Crippen LogP contribution in [0.4, 0.5) is 5.69 Å². The summed E-state index contributed by atoms with van der Waals surface area (Å²) in [7, 11) is 5.36. The molecule has 2 aromatic rings. The lowest BCUT2D eigenvalue weighted by Crippen LogP contribution is -2.19. The van der Waals surface area contributed by atoms with E-state index >= 15 is 0 Å². The second kappa shape index (κ2) is 7.65. The van der Waals surface area contributed by atoms with Gasteiger partial charge in [0.1, 0.15) is 12.4 Å². The molecule has 2 aromatic carbocycles. The van der Waals surface area contributed by atoms with Gasteiger partial charge in [-0.15, -0.1) is 0 Å². The van der Waals surface area contributed by atoms with Crippen molar-refractivity contribution < 1.29 is 14.3 Å². The molecule has 0 bridgehead atoms. The second-order valence-corrected chi connectivity index (χ2v) is 5.47. The quantitative estimate of drug-likeness (QED) is 0.656. The third kappa shape index (κ3) is 4.47. The smallest absolute Gasteiger partial charge is 0.339 e. The fourth-order valence-corrected chi connectivity index (χ4v) is 2.13. The van der Waals surface area contributed by atoms with Crippen LogP contribution in [-0.2, 0) is 4.74 Å². The van der Waals surface area contributed by atoms with Gasteiger partial charge in [-0.25, -0.2) is 4.79 Å². The monoisotopic (exact) mass is 314 g/mol. The number of hydrogen-bond donors (Lipinski definition) is 1. The minimum absolute atomic E-state index is 0.375. The molecule has 0 aliphatic heterocycles. The first kappa shape index (κ1) is 16.8. The number of benzene rings is 2. The van der Waals surface area contributed by atoms with Crippen molar-refractivity contribution in [3.05, 3.63) is 48.0 Å². The fourth-order valence-electron chi connectivity index (χ4n) is 2.13. The highest BCUT2D eigenvalue weighted by atomic mass is 16.5. The first-order chi connectivity index (χ1) is 11.0. The summed E-state index contributed by atoms with van der Waals surface area (Å²) in [5, 5.41) is 0. The maximum absolute atomic E-state index is 11.6. The number of rotatable bonds is 6. The molecule has 0 unspecified atom stereocenters. The molecule has 0 aromatic heterocycles. The van der Waals surface area contributed by atoms with Gasteiger partial charge in [0.2, 0.25) is 0 Å². The van der Waals surface area contributed by atoms with Crippen molar-refractivity contribution in [3.63, 3.8) is 0 Å². The van der Waals surface area contributed by atoms with Crippen molar-refractivity contribution in [2.45, 2.75) is 0 Å². The summed E-state index contributed by atoms with van der Waals surface area (Å²) in [6.45, 7) is 1.51. The fraction of sp³-hybridized carbons (Fsp3) is 0.278. The zero-order valence-electron chi connectivity index (χ0n) is 13.7. The molecule has 0 saturated carbocycles. The second-order valence-electron chi connectivity index (χ2n) is 5.47. The minimum atomic E-state index is -0.432. The molecule has 2 N–H and O–H groups in total.